The number of aliphatic hydroxyl groups excluding tert-OH is 3. The molecule has 0 spiro atoms. The number of Topliss-reactive ketones (excluding diaryl/α,β-unsaturated/α-hetero) is 2. The summed E-state index contributed by atoms with van der Waals surface area (Å²) in [5.74, 6) is -2.03. The fourth-order valence-electron chi connectivity index (χ4n) is 3.69. The number of phenolic OH excluding ortho intramolecular Hbond substituents is 2. The second kappa shape index (κ2) is 9.76. The molecule has 3 rings (SSSR count). The van der Waals surface area contributed by atoms with Gasteiger partial charge in [-0.25, -0.2) is 0 Å². The molecular weight excluding hydrogens is 420 g/mol. The largest absolute Gasteiger partial charge is 0.508 e. The number of hydrogen-bond donors (Lipinski definition) is 6. The van der Waals surface area contributed by atoms with E-state index in [1.165, 1.54) is 18.2 Å². The Balaban J connectivity index is 1.63. The van der Waals surface area contributed by atoms with Gasteiger partial charge in [-0.15, -0.1) is 0 Å². The Morgan fingerprint density at radius 1 is 0.938 bits per heavy atom. The molecule has 1 heterocycles. The van der Waals surface area contributed by atoms with Crippen LogP contribution in [0.2, 0.25) is 0 Å². The van der Waals surface area contributed by atoms with Crippen molar-refractivity contribution >= 4 is 11.6 Å². The van der Waals surface area contributed by atoms with E-state index in [9.17, 15) is 40.2 Å². The standard InChI is InChI=1S/C23H26O9/c24-15-8-5-13(6-9-15)11-12-23(31)21(29)19(28)20(32-22(23)30)18(27)17(26)10-7-14-3-1-2-4-16(14)25/h1-6,8-9,19-22,24-25,28-31H,7,10-12H2/t19-,20-,21+,22-,23-/m1/s1. The SMILES string of the molecule is O=C(CCc1ccccc1O)C(=O)[C@H]1O[C@@H](O)[C@@](O)(CCc2ccc(O)cc2)[C@@H](O)[C@@H]1O. The third-order valence-corrected chi connectivity index (χ3v) is 5.75. The van der Waals surface area contributed by atoms with Gasteiger partial charge in [0.1, 0.15) is 29.3 Å². The quantitative estimate of drug-likeness (QED) is 0.306. The molecule has 1 fully saturated rings. The van der Waals surface area contributed by atoms with Crippen LogP contribution in [0.1, 0.15) is 24.0 Å². The maximum absolute atomic E-state index is 12.5. The number of hydrogen-bond acceptors (Lipinski definition) is 9. The smallest absolute Gasteiger partial charge is 0.229 e. The Kier molecular flexibility index (Phi) is 7.27. The first-order valence-electron chi connectivity index (χ1n) is 10.2. The number of para-hydroxylation sites is 1. The highest BCUT2D eigenvalue weighted by Crippen LogP contribution is 2.33. The first-order valence-corrected chi connectivity index (χ1v) is 10.2. The highest BCUT2D eigenvalue weighted by atomic mass is 16.6. The summed E-state index contributed by atoms with van der Waals surface area (Å²) in [6, 6.07) is 12.4. The van der Waals surface area contributed by atoms with E-state index in [0.29, 0.717) is 11.1 Å². The summed E-state index contributed by atoms with van der Waals surface area (Å²) in [5.41, 5.74) is -1.14. The third kappa shape index (κ3) is 4.98. The topological polar surface area (TPSA) is 165 Å². The van der Waals surface area contributed by atoms with Crippen molar-refractivity contribution in [1.82, 2.24) is 0 Å². The van der Waals surface area contributed by atoms with E-state index >= 15 is 0 Å². The van der Waals surface area contributed by atoms with Crippen molar-refractivity contribution in [2.24, 2.45) is 0 Å². The van der Waals surface area contributed by atoms with Crippen LogP contribution in [0.3, 0.4) is 0 Å². The van der Waals surface area contributed by atoms with Crippen molar-refractivity contribution in [3.63, 3.8) is 0 Å². The minimum Gasteiger partial charge on any atom is -0.508 e. The number of ketones is 2. The fraction of sp³-hybridized carbons (Fsp3) is 0.391. The molecule has 6 N–H and O–H groups in total. The molecule has 0 aliphatic carbocycles. The summed E-state index contributed by atoms with van der Waals surface area (Å²) in [6.45, 7) is 0. The number of carbonyl (C=O) groups is 2. The summed E-state index contributed by atoms with van der Waals surface area (Å²) >= 11 is 0. The predicted molar refractivity (Wildman–Crippen MR) is 111 cm³/mol. The van der Waals surface area contributed by atoms with Crippen molar-refractivity contribution in [2.75, 3.05) is 0 Å². The second-order valence-electron chi connectivity index (χ2n) is 7.92. The molecular formula is C23H26O9. The summed E-state index contributed by atoms with van der Waals surface area (Å²) in [5, 5.41) is 61.0. The highest BCUT2D eigenvalue weighted by Gasteiger charge is 2.56. The van der Waals surface area contributed by atoms with Crippen LogP contribution in [-0.4, -0.2) is 72.4 Å². The lowest BCUT2D eigenvalue weighted by atomic mass is 9.81. The van der Waals surface area contributed by atoms with Gasteiger partial charge >= 0.3 is 0 Å². The minimum atomic E-state index is -2.28. The average molecular weight is 446 g/mol. The predicted octanol–water partition coefficient (Wildman–Crippen LogP) is -0.0285. The van der Waals surface area contributed by atoms with Gasteiger partial charge in [0, 0.05) is 6.42 Å². The first-order chi connectivity index (χ1) is 15.1. The molecule has 0 radical (unpaired) electrons. The Hall–Kier alpha value is -2.82. The van der Waals surface area contributed by atoms with Crippen molar-refractivity contribution in [3.05, 3.63) is 59.7 Å². The van der Waals surface area contributed by atoms with Crippen LogP contribution < -0.4 is 0 Å². The monoisotopic (exact) mass is 446 g/mol. The summed E-state index contributed by atoms with van der Waals surface area (Å²) in [4.78, 5) is 24.8. The molecule has 9 heteroatoms. The Morgan fingerprint density at radius 2 is 1.59 bits per heavy atom. The molecule has 0 aromatic heterocycles. The van der Waals surface area contributed by atoms with Crippen molar-refractivity contribution in [3.8, 4) is 11.5 Å². The first kappa shape index (κ1) is 23.8. The molecule has 5 atom stereocenters. The second-order valence-corrected chi connectivity index (χ2v) is 7.92. The van der Waals surface area contributed by atoms with Gasteiger partial charge in [0.05, 0.1) is 0 Å². The van der Waals surface area contributed by atoms with E-state index in [2.05, 4.69) is 0 Å². The van der Waals surface area contributed by atoms with E-state index in [4.69, 9.17) is 4.74 Å². The number of benzene rings is 2. The summed E-state index contributed by atoms with van der Waals surface area (Å²) < 4.78 is 5.09. The molecule has 0 bridgehead atoms. The van der Waals surface area contributed by atoms with Crippen LogP contribution in [0.4, 0.5) is 0 Å². The van der Waals surface area contributed by atoms with Crippen LogP contribution in [0.15, 0.2) is 48.5 Å². The lowest BCUT2D eigenvalue weighted by Gasteiger charge is -2.45. The van der Waals surface area contributed by atoms with Gasteiger partial charge in [-0.2, -0.15) is 0 Å². The number of aromatic hydroxyl groups is 2. The van der Waals surface area contributed by atoms with Gasteiger partial charge in [-0.3, -0.25) is 9.59 Å². The Labute approximate surface area is 184 Å². The Morgan fingerprint density at radius 3 is 2.25 bits per heavy atom. The molecule has 1 saturated heterocycles. The molecule has 9 nitrogen and oxygen atoms in total. The zero-order valence-electron chi connectivity index (χ0n) is 17.2. The number of phenols is 2. The summed E-state index contributed by atoms with van der Waals surface area (Å²) in [6.07, 6.45) is -8.03. The van der Waals surface area contributed by atoms with E-state index in [1.807, 2.05) is 0 Å². The number of aryl methyl sites for hydroxylation is 2. The number of aliphatic hydroxyl groups is 4. The van der Waals surface area contributed by atoms with E-state index < -0.39 is 41.8 Å². The lowest BCUT2D eigenvalue weighted by molar-refractivity contribution is -0.320. The van der Waals surface area contributed by atoms with Crippen LogP contribution in [0.25, 0.3) is 0 Å². The Bertz CT molecular complexity index is 958. The zero-order valence-corrected chi connectivity index (χ0v) is 17.2. The molecule has 0 unspecified atom stereocenters. The molecule has 172 valence electrons. The average Bonchev–Trinajstić information content (AvgIpc) is 2.78. The summed E-state index contributed by atoms with van der Waals surface area (Å²) in [7, 11) is 0. The number of ether oxygens (including phenoxy) is 1. The molecule has 1 aliphatic rings. The van der Waals surface area contributed by atoms with Gasteiger partial charge in [-0.1, -0.05) is 30.3 Å². The number of rotatable bonds is 8. The van der Waals surface area contributed by atoms with Gasteiger partial charge in [0.15, 0.2) is 12.4 Å². The van der Waals surface area contributed by atoms with Crippen molar-refractivity contribution in [2.45, 2.75) is 55.9 Å². The van der Waals surface area contributed by atoms with E-state index in [1.54, 1.807) is 30.3 Å². The van der Waals surface area contributed by atoms with Crippen molar-refractivity contribution in [1.29, 1.82) is 0 Å². The van der Waals surface area contributed by atoms with Crippen molar-refractivity contribution < 1.29 is 45.0 Å². The highest BCUT2D eigenvalue weighted by molar-refractivity contribution is 6.39. The lowest BCUT2D eigenvalue weighted by Crippen LogP contribution is -2.67. The van der Waals surface area contributed by atoms with Gasteiger partial charge in [0.25, 0.3) is 0 Å². The van der Waals surface area contributed by atoms with Crippen LogP contribution in [0.5, 0.6) is 11.5 Å². The van der Waals surface area contributed by atoms with Gasteiger partial charge in [0.2, 0.25) is 11.6 Å². The zero-order chi connectivity index (χ0) is 23.5. The molecule has 32 heavy (non-hydrogen) atoms. The molecule has 2 aromatic rings. The van der Waals surface area contributed by atoms with Gasteiger partial charge in [-0.05, 0) is 48.6 Å². The van der Waals surface area contributed by atoms with Crippen LogP contribution >= 0.6 is 0 Å². The minimum absolute atomic E-state index is 0.0220. The molecule has 0 saturated carbocycles. The van der Waals surface area contributed by atoms with Crippen LogP contribution in [0, 0.1) is 0 Å². The number of carbonyl (C=O) groups excluding carboxylic acids is 2. The maximum atomic E-state index is 12.5. The normalized spacial score (nSPS) is 27.8. The van der Waals surface area contributed by atoms with E-state index in [0.717, 1.165) is 0 Å². The molecule has 2 aromatic carbocycles. The fourth-order valence-corrected chi connectivity index (χ4v) is 3.69. The van der Waals surface area contributed by atoms with Crippen LogP contribution in [-0.2, 0) is 27.2 Å². The van der Waals surface area contributed by atoms with E-state index in [-0.39, 0.29) is 37.2 Å². The third-order valence-electron chi connectivity index (χ3n) is 5.75. The molecule has 1 aliphatic heterocycles. The maximum Gasteiger partial charge on any atom is 0.229 e. The van der Waals surface area contributed by atoms with Gasteiger partial charge < -0.3 is 35.4 Å². The molecule has 0 amide bonds.